The maximum atomic E-state index is 12.6. The Balaban J connectivity index is 2.43. The first-order valence-electron chi connectivity index (χ1n) is 5.58. The molecule has 3 N–H and O–H groups in total. The molecule has 0 amide bonds. The van der Waals surface area contributed by atoms with Crippen molar-refractivity contribution < 1.29 is 13.2 Å². The number of benzene rings is 1. The molecule has 0 aliphatic carbocycles. The van der Waals surface area contributed by atoms with Crippen molar-refractivity contribution in [2.45, 2.75) is 19.1 Å². The van der Waals surface area contributed by atoms with Gasteiger partial charge in [0.1, 0.15) is 0 Å². The number of hydrazine groups is 1. The minimum Gasteiger partial charge on any atom is -0.271 e. The molecule has 0 saturated carbocycles. The van der Waals surface area contributed by atoms with Gasteiger partial charge in [-0.3, -0.25) is 5.84 Å². The summed E-state index contributed by atoms with van der Waals surface area (Å²) in [5, 5.41) is -0.436. The fourth-order valence-electron chi connectivity index (χ4n) is 1.77. The standard InChI is InChI=1S/C12H11ClF3N3S/c1-6-3-2-4-7(9(6)13)10(19-17)8-5-18-11(20-8)12(14,15)16/h2-5,10,19H,17H2,1H3. The summed E-state index contributed by atoms with van der Waals surface area (Å²) in [6, 6.07) is 4.67. The highest BCUT2D eigenvalue weighted by atomic mass is 35.5. The van der Waals surface area contributed by atoms with Gasteiger partial charge in [-0.2, -0.15) is 13.2 Å². The third-order valence-electron chi connectivity index (χ3n) is 2.75. The van der Waals surface area contributed by atoms with E-state index in [2.05, 4.69) is 10.4 Å². The van der Waals surface area contributed by atoms with Gasteiger partial charge in [0.15, 0.2) is 5.01 Å². The van der Waals surface area contributed by atoms with E-state index in [0.29, 0.717) is 26.8 Å². The van der Waals surface area contributed by atoms with Gasteiger partial charge >= 0.3 is 6.18 Å². The molecule has 1 heterocycles. The molecule has 1 unspecified atom stereocenters. The first-order chi connectivity index (χ1) is 9.34. The molecule has 0 radical (unpaired) electrons. The summed E-state index contributed by atoms with van der Waals surface area (Å²) < 4.78 is 37.8. The molecule has 0 saturated heterocycles. The lowest BCUT2D eigenvalue weighted by Gasteiger charge is -2.16. The van der Waals surface area contributed by atoms with Crippen LogP contribution in [0.2, 0.25) is 5.02 Å². The molecule has 1 aromatic heterocycles. The van der Waals surface area contributed by atoms with E-state index in [1.807, 2.05) is 13.0 Å². The fourth-order valence-corrected chi connectivity index (χ4v) is 2.87. The number of nitrogens with two attached hydrogens (primary N) is 1. The average Bonchev–Trinajstić information content (AvgIpc) is 2.85. The van der Waals surface area contributed by atoms with Crippen LogP contribution in [0.15, 0.2) is 24.4 Å². The Hall–Kier alpha value is -1.15. The lowest BCUT2D eigenvalue weighted by molar-refractivity contribution is -0.137. The number of alkyl halides is 3. The van der Waals surface area contributed by atoms with Crippen molar-refractivity contribution >= 4 is 22.9 Å². The zero-order chi connectivity index (χ0) is 14.9. The van der Waals surface area contributed by atoms with E-state index in [1.54, 1.807) is 12.1 Å². The molecular formula is C12H11ClF3N3S. The van der Waals surface area contributed by atoms with Gasteiger partial charge in [-0.15, -0.1) is 11.3 Å². The van der Waals surface area contributed by atoms with E-state index in [-0.39, 0.29) is 0 Å². The smallest absolute Gasteiger partial charge is 0.271 e. The van der Waals surface area contributed by atoms with Crippen LogP contribution in [-0.4, -0.2) is 4.98 Å². The minimum atomic E-state index is -4.46. The maximum absolute atomic E-state index is 12.6. The van der Waals surface area contributed by atoms with Crippen molar-refractivity contribution in [2.75, 3.05) is 0 Å². The van der Waals surface area contributed by atoms with Gasteiger partial charge in [-0.25, -0.2) is 10.4 Å². The Morgan fingerprint density at radius 3 is 2.65 bits per heavy atom. The van der Waals surface area contributed by atoms with Crippen molar-refractivity contribution in [1.82, 2.24) is 10.4 Å². The first-order valence-corrected chi connectivity index (χ1v) is 6.78. The highest BCUT2D eigenvalue weighted by molar-refractivity contribution is 7.11. The van der Waals surface area contributed by atoms with Gasteiger partial charge in [-0.1, -0.05) is 29.8 Å². The SMILES string of the molecule is Cc1cccc(C(NN)c2cnc(C(F)(F)F)s2)c1Cl. The third-order valence-corrected chi connectivity index (χ3v) is 4.37. The lowest BCUT2D eigenvalue weighted by atomic mass is 10.0. The highest BCUT2D eigenvalue weighted by Gasteiger charge is 2.35. The van der Waals surface area contributed by atoms with Gasteiger partial charge in [0.25, 0.3) is 0 Å². The average molecular weight is 322 g/mol. The molecule has 8 heteroatoms. The number of rotatable bonds is 3. The van der Waals surface area contributed by atoms with E-state index in [9.17, 15) is 13.2 Å². The summed E-state index contributed by atoms with van der Waals surface area (Å²) in [7, 11) is 0. The maximum Gasteiger partial charge on any atom is 0.443 e. The summed E-state index contributed by atoms with van der Waals surface area (Å²) in [5.74, 6) is 5.46. The molecule has 0 bridgehead atoms. The minimum absolute atomic E-state index is 0.354. The number of aryl methyl sites for hydroxylation is 1. The zero-order valence-electron chi connectivity index (χ0n) is 10.3. The summed E-state index contributed by atoms with van der Waals surface area (Å²) in [4.78, 5) is 3.74. The number of halogens is 4. The predicted octanol–water partition coefficient (Wildman–Crippen LogP) is 3.68. The van der Waals surface area contributed by atoms with E-state index in [1.165, 1.54) is 0 Å². The Morgan fingerprint density at radius 1 is 1.40 bits per heavy atom. The highest BCUT2D eigenvalue weighted by Crippen LogP contribution is 2.37. The molecule has 1 atom stereocenters. The first kappa shape index (κ1) is 15.2. The van der Waals surface area contributed by atoms with Crippen LogP contribution in [0.1, 0.15) is 27.1 Å². The van der Waals surface area contributed by atoms with E-state index < -0.39 is 17.2 Å². The summed E-state index contributed by atoms with van der Waals surface area (Å²) in [5.41, 5.74) is 3.93. The number of nitrogens with zero attached hydrogens (tertiary/aromatic N) is 1. The Morgan fingerprint density at radius 2 is 2.10 bits per heavy atom. The second kappa shape index (κ2) is 5.69. The van der Waals surface area contributed by atoms with Crippen molar-refractivity contribution in [1.29, 1.82) is 0 Å². The normalized spacial score (nSPS) is 13.5. The van der Waals surface area contributed by atoms with Crippen molar-refractivity contribution in [2.24, 2.45) is 5.84 Å². The van der Waals surface area contributed by atoms with Gasteiger partial charge in [0.2, 0.25) is 0 Å². The second-order valence-corrected chi connectivity index (χ2v) is 5.58. The number of hydrogen-bond acceptors (Lipinski definition) is 4. The summed E-state index contributed by atoms with van der Waals surface area (Å²) in [6.07, 6.45) is -3.30. The molecule has 0 aliphatic heterocycles. The molecule has 0 spiro atoms. The van der Waals surface area contributed by atoms with Crippen LogP contribution >= 0.6 is 22.9 Å². The summed E-state index contributed by atoms with van der Waals surface area (Å²) in [6.45, 7) is 1.81. The number of hydrogen-bond donors (Lipinski definition) is 2. The van der Waals surface area contributed by atoms with E-state index >= 15 is 0 Å². The molecule has 2 rings (SSSR count). The van der Waals surface area contributed by atoms with Crippen LogP contribution < -0.4 is 11.3 Å². The molecular weight excluding hydrogens is 311 g/mol. The van der Waals surface area contributed by atoms with Crippen LogP contribution in [0.4, 0.5) is 13.2 Å². The Labute approximate surface area is 122 Å². The quantitative estimate of drug-likeness (QED) is 0.670. The van der Waals surface area contributed by atoms with Gasteiger partial charge in [-0.05, 0) is 18.1 Å². The van der Waals surface area contributed by atoms with Crippen molar-refractivity contribution in [3.8, 4) is 0 Å². The Bertz CT molecular complexity index is 612. The van der Waals surface area contributed by atoms with Crippen LogP contribution in [-0.2, 0) is 6.18 Å². The van der Waals surface area contributed by atoms with Crippen LogP contribution in [0.3, 0.4) is 0 Å². The molecule has 108 valence electrons. The number of thiazole rings is 1. The van der Waals surface area contributed by atoms with Crippen LogP contribution in [0.5, 0.6) is 0 Å². The fraction of sp³-hybridized carbons (Fsp3) is 0.250. The molecule has 0 fully saturated rings. The Kier molecular flexibility index (Phi) is 4.33. The number of nitrogens with one attached hydrogen (secondary N) is 1. The third kappa shape index (κ3) is 2.95. The number of aromatic nitrogens is 1. The van der Waals surface area contributed by atoms with Gasteiger partial charge < -0.3 is 0 Å². The molecule has 0 aliphatic rings. The zero-order valence-corrected chi connectivity index (χ0v) is 11.9. The summed E-state index contributed by atoms with van der Waals surface area (Å²) >= 11 is 6.72. The van der Waals surface area contributed by atoms with E-state index in [0.717, 1.165) is 11.8 Å². The molecule has 1 aromatic carbocycles. The largest absolute Gasteiger partial charge is 0.443 e. The monoisotopic (exact) mass is 321 g/mol. The molecule has 20 heavy (non-hydrogen) atoms. The topological polar surface area (TPSA) is 50.9 Å². The van der Waals surface area contributed by atoms with Gasteiger partial charge in [0, 0.05) is 16.1 Å². The van der Waals surface area contributed by atoms with Crippen LogP contribution in [0.25, 0.3) is 0 Å². The van der Waals surface area contributed by atoms with E-state index in [4.69, 9.17) is 17.4 Å². The lowest BCUT2D eigenvalue weighted by Crippen LogP contribution is -2.28. The van der Waals surface area contributed by atoms with Crippen molar-refractivity contribution in [3.63, 3.8) is 0 Å². The molecule has 3 nitrogen and oxygen atoms in total. The predicted molar refractivity (Wildman–Crippen MR) is 72.5 cm³/mol. The van der Waals surface area contributed by atoms with Crippen LogP contribution in [0, 0.1) is 6.92 Å². The second-order valence-electron chi connectivity index (χ2n) is 4.14. The van der Waals surface area contributed by atoms with Crippen molar-refractivity contribution in [3.05, 3.63) is 50.4 Å². The van der Waals surface area contributed by atoms with Gasteiger partial charge in [0.05, 0.1) is 6.04 Å². The molecule has 2 aromatic rings.